The zero-order chi connectivity index (χ0) is 29.6. The molecule has 3 N–H and O–H groups in total. The van der Waals surface area contributed by atoms with Crippen molar-refractivity contribution >= 4 is 28.3 Å². The standard InChI is InChI=1S/C30H23F3N8O/c1-17-3-6-23(38-29(42)21-7-22(30(31,32)33)10-24(8-21)40-13-18(2)37-16-40)11-25(17)19-4-5-20-14-41(39-26(20)9-19)28-12-27(34)35-15-36-28/h3-16H,1-2H3,(H,38,42)(H2,34,35,36). The minimum Gasteiger partial charge on any atom is -0.384 e. The van der Waals surface area contributed by atoms with E-state index in [1.54, 1.807) is 36.0 Å². The van der Waals surface area contributed by atoms with Crippen LogP contribution >= 0.6 is 0 Å². The molecule has 9 nitrogen and oxygen atoms in total. The first-order valence-electron chi connectivity index (χ1n) is 12.8. The molecule has 0 aliphatic carbocycles. The highest BCUT2D eigenvalue weighted by Crippen LogP contribution is 2.33. The number of anilines is 2. The first-order chi connectivity index (χ1) is 20.0. The van der Waals surface area contributed by atoms with E-state index in [1.165, 1.54) is 23.3 Å². The number of alkyl halides is 3. The summed E-state index contributed by atoms with van der Waals surface area (Å²) in [7, 11) is 0. The second-order valence-corrected chi connectivity index (χ2v) is 9.82. The third-order valence-corrected chi connectivity index (χ3v) is 6.74. The number of amides is 1. The SMILES string of the molecule is Cc1cn(-c2cc(C(=O)Nc3ccc(C)c(-c4ccc5cn(-c6cc(N)ncn6)nc5c4)c3)cc(C(F)(F)F)c2)cn1. The number of nitrogens with zero attached hydrogens (tertiary/aromatic N) is 6. The lowest BCUT2D eigenvalue weighted by Gasteiger charge is -2.14. The molecule has 0 radical (unpaired) electrons. The van der Waals surface area contributed by atoms with Gasteiger partial charge >= 0.3 is 6.18 Å². The number of carbonyl (C=O) groups excluding carboxylic acids is 1. The highest BCUT2D eigenvalue weighted by atomic mass is 19.4. The maximum absolute atomic E-state index is 13.7. The molecule has 42 heavy (non-hydrogen) atoms. The van der Waals surface area contributed by atoms with Crippen molar-refractivity contribution in [1.82, 2.24) is 29.3 Å². The molecule has 0 unspecified atom stereocenters. The van der Waals surface area contributed by atoms with Gasteiger partial charge in [-0.15, -0.1) is 0 Å². The Hall–Kier alpha value is -5.52. The fraction of sp³-hybridized carbons (Fsp3) is 0.100. The van der Waals surface area contributed by atoms with Gasteiger partial charge < -0.3 is 15.6 Å². The molecule has 0 bridgehead atoms. The number of aryl methyl sites for hydroxylation is 2. The van der Waals surface area contributed by atoms with Crippen LogP contribution in [-0.4, -0.2) is 35.2 Å². The fourth-order valence-corrected chi connectivity index (χ4v) is 4.62. The number of imidazole rings is 1. The molecule has 6 rings (SSSR count). The van der Waals surface area contributed by atoms with Crippen LogP contribution < -0.4 is 11.1 Å². The quantitative estimate of drug-likeness (QED) is 0.258. The van der Waals surface area contributed by atoms with E-state index >= 15 is 0 Å². The minimum absolute atomic E-state index is 0.134. The molecule has 0 aliphatic heterocycles. The van der Waals surface area contributed by atoms with Crippen molar-refractivity contribution in [3.05, 3.63) is 108 Å². The minimum atomic E-state index is -4.64. The topological polar surface area (TPSA) is 117 Å². The lowest BCUT2D eigenvalue weighted by atomic mass is 9.99. The van der Waals surface area contributed by atoms with Crippen LogP contribution in [0.25, 0.3) is 33.5 Å². The lowest BCUT2D eigenvalue weighted by Crippen LogP contribution is -2.15. The molecule has 6 aromatic rings. The maximum atomic E-state index is 13.7. The smallest absolute Gasteiger partial charge is 0.384 e. The molecule has 0 saturated carbocycles. The molecule has 0 spiro atoms. The normalized spacial score (nSPS) is 11.6. The number of hydrogen-bond acceptors (Lipinski definition) is 6. The highest BCUT2D eigenvalue weighted by Gasteiger charge is 2.32. The van der Waals surface area contributed by atoms with Crippen molar-refractivity contribution in [3.63, 3.8) is 0 Å². The lowest BCUT2D eigenvalue weighted by molar-refractivity contribution is -0.137. The summed E-state index contributed by atoms with van der Waals surface area (Å²) >= 11 is 0. The van der Waals surface area contributed by atoms with Gasteiger partial charge in [0.1, 0.15) is 12.1 Å². The van der Waals surface area contributed by atoms with Gasteiger partial charge in [0.2, 0.25) is 0 Å². The van der Waals surface area contributed by atoms with E-state index in [0.29, 0.717) is 28.5 Å². The number of hydrogen-bond donors (Lipinski definition) is 2. The van der Waals surface area contributed by atoms with Crippen molar-refractivity contribution in [2.75, 3.05) is 11.1 Å². The highest BCUT2D eigenvalue weighted by molar-refractivity contribution is 6.05. The zero-order valence-electron chi connectivity index (χ0n) is 22.4. The van der Waals surface area contributed by atoms with E-state index in [2.05, 4.69) is 25.4 Å². The molecule has 0 fully saturated rings. The average molecular weight is 569 g/mol. The fourth-order valence-electron chi connectivity index (χ4n) is 4.62. The Morgan fingerprint density at radius 3 is 2.50 bits per heavy atom. The molecular formula is C30H23F3N8O. The number of nitrogens with one attached hydrogen (secondary N) is 1. The molecule has 210 valence electrons. The van der Waals surface area contributed by atoms with Crippen molar-refractivity contribution in [2.45, 2.75) is 20.0 Å². The average Bonchev–Trinajstić information content (AvgIpc) is 3.59. The van der Waals surface area contributed by atoms with Crippen LogP contribution in [0.4, 0.5) is 24.7 Å². The summed E-state index contributed by atoms with van der Waals surface area (Å²) in [4.78, 5) is 25.4. The van der Waals surface area contributed by atoms with E-state index in [0.717, 1.165) is 34.2 Å². The van der Waals surface area contributed by atoms with Gasteiger partial charge in [-0.2, -0.15) is 18.3 Å². The van der Waals surface area contributed by atoms with Crippen LogP contribution in [0.3, 0.4) is 0 Å². The van der Waals surface area contributed by atoms with Gasteiger partial charge in [-0.25, -0.2) is 19.6 Å². The van der Waals surface area contributed by atoms with Crippen molar-refractivity contribution in [2.24, 2.45) is 0 Å². The van der Waals surface area contributed by atoms with Crippen LogP contribution in [0.5, 0.6) is 0 Å². The van der Waals surface area contributed by atoms with Crippen molar-refractivity contribution in [3.8, 4) is 22.6 Å². The molecule has 12 heteroatoms. The summed E-state index contributed by atoms with van der Waals surface area (Å²) < 4.78 is 44.2. The molecule has 0 atom stereocenters. The predicted octanol–water partition coefficient (Wildman–Crippen LogP) is 6.14. The van der Waals surface area contributed by atoms with Gasteiger partial charge in [0.05, 0.1) is 23.1 Å². The van der Waals surface area contributed by atoms with Crippen LogP contribution in [-0.2, 0) is 6.18 Å². The summed E-state index contributed by atoms with van der Waals surface area (Å²) in [6.07, 6.45) is 1.56. The molecular weight excluding hydrogens is 545 g/mol. The second kappa shape index (κ2) is 10.1. The number of aromatic nitrogens is 6. The first-order valence-corrected chi connectivity index (χ1v) is 12.8. The Kier molecular flexibility index (Phi) is 6.45. The number of benzene rings is 3. The predicted molar refractivity (Wildman–Crippen MR) is 153 cm³/mol. The number of rotatable bonds is 5. The van der Waals surface area contributed by atoms with Crippen molar-refractivity contribution < 1.29 is 18.0 Å². The van der Waals surface area contributed by atoms with E-state index in [1.807, 2.05) is 37.4 Å². The largest absolute Gasteiger partial charge is 0.416 e. The Labute approximate surface area is 237 Å². The Bertz CT molecular complexity index is 1980. The Morgan fingerprint density at radius 2 is 1.76 bits per heavy atom. The first kappa shape index (κ1) is 26.7. The molecule has 0 aliphatic rings. The number of nitrogen functional groups attached to an aromatic ring is 1. The number of carbonyl (C=O) groups is 1. The molecule has 1 amide bonds. The third kappa shape index (κ3) is 5.29. The zero-order valence-corrected chi connectivity index (χ0v) is 22.4. The molecule has 0 saturated heterocycles. The molecule has 3 heterocycles. The Morgan fingerprint density at radius 1 is 0.929 bits per heavy atom. The van der Waals surface area contributed by atoms with Gasteiger partial charge in [0.15, 0.2) is 5.82 Å². The van der Waals surface area contributed by atoms with E-state index < -0.39 is 17.6 Å². The van der Waals surface area contributed by atoms with Crippen LogP contribution in [0.1, 0.15) is 27.2 Å². The van der Waals surface area contributed by atoms with Gasteiger partial charge in [-0.3, -0.25) is 4.79 Å². The van der Waals surface area contributed by atoms with Crippen LogP contribution in [0.15, 0.2) is 85.7 Å². The number of halogens is 3. The van der Waals surface area contributed by atoms with E-state index in [4.69, 9.17) is 5.73 Å². The van der Waals surface area contributed by atoms with Gasteiger partial charge in [-0.1, -0.05) is 18.2 Å². The Balaban J connectivity index is 1.31. The van der Waals surface area contributed by atoms with Gasteiger partial charge in [0, 0.05) is 40.8 Å². The van der Waals surface area contributed by atoms with Crippen molar-refractivity contribution in [1.29, 1.82) is 0 Å². The van der Waals surface area contributed by atoms with E-state index in [9.17, 15) is 18.0 Å². The van der Waals surface area contributed by atoms with Gasteiger partial charge in [-0.05, 0) is 66.9 Å². The number of fused-ring (bicyclic) bond motifs is 1. The molecule has 3 aromatic carbocycles. The summed E-state index contributed by atoms with van der Waals surface area (Å²) in [5.41, 5.74) is 9.28. The monoisotopic (exact) mass is 568 g/mol. The summed E-state index contributed by atoms with van der Waals surface area (Å²) in [6, 6.07) is 15.9. The summed E-state index contributed by atoms with van der Waals surface area (Å²) in [6.45, 7) is 3.66. The maximum Gasteiger partial charge on any atom is 0.416 e. The van der Waals surface area contributed by atoms with Crippen LogP contribution in [0.2, 0.25) is 0 Å². The van der Waals surface area contributed by atoms with E-state index in [-0.39, 0.29) is 11.3 Å². The summed E-state index contributed by atoms with van der Waals surface area (Å²) in [5.74, 6) is 0.183. The second-order valence-electron chi connectivity index (χ2n) is 9.82. The number of nitrogens with two attached hydrogens (primary N) is 1. The molecule has 3 aromatic heterocycles. The summed E-state index contributed by atoms with van der Waals surface area (Å²) in [5, 5.41) is 8.25. The third-order valence-electron chi connectivity index (χ3n) is 6.74. The van der Waals surface area contributed by atoms with Gasteiger partial charge in [0.25, 0.3) is 5.91 Å². The van der Waals surface area contributed by atoms with Crippen LogP contribution in [0, 0.1) is 13.8 Å².